The first-order chi connectivity index (χ1) is 18.6. The van der Waals surface area contributed by atoms with E-state index in [1.807, 2.05) is 44.2 Å². The fraction of sp³-hybridized carbons (Fsp3) is 0.700. The predicted molar refractivity (Wildman–Crippen MR) is 151 cm³/mol. The molecule has 1 amide bonds. The highest BCUT2D eigenvalue weighted by Gasteiger charge is 2.44. The second kappa shape index (κ2) is 15.0. The average molecular weight is 564 g/mol. The van der Waals surface area contributed by atoms with E-state index < -0.39 is 37.5 Å². The Balaban J connectivity index is 1.73. The summed E-state index contributed by atoms with van der Waals surface area (Å²) in [5.74, 6) is -1.61. The topological polar surface area (TPSA) is 110 Å². The van der Waals surface area contributed by atoms with Crippen LogP contribution in [0.3, 0.4) is 0 Å². The SMILES string of the molecule is CCC(=O)O[C@H](OP(=O)(CCCCc1ccccc1)CC(=O)N1CC(C2CCCCC2)C[C@H]1C(=O)O)C(C)C. The van der Waals surface area contributed by atoms with Crippen molar-refractivity contribution in [3.05, 3.63) is 35.9 Å². The molecule has 39 heavy (non-hydrogen) atoms. The molecular formula is C30H46NO7P. The smallest absolute Gasteiger partial charge is 0.326 e. The zero-order chi connectivity index (χ0) is 28.4. The molecule has 0 spiro atoms. The lowest BCUT2D eigenvalue weighted by molar-refractivity contribution is -0.169. The van der Waals surface area contributed by atoms with Gasteiger partial charge in [0, 0.05) is 25.0 Å². The first-order valence-electron chi connectivity index (χ1n) is 14.6. The fourth-order valence-electron chi connectivity index (χ4n) is 5.80. The maximum absolute atomic E-state index is 14.2. The van der Waals surface area contributed by atoms with Crippen LogP contribution in [0, 0.1) is 17.8 Å². The van der Waals surface area contributed by atoms with Crippen molar-refractivity contribution in [3.8, 4) is 0 Å². The molecule has 8 nitrogen and oxygen atoms in total. The van der Waals surface area contributed by atoms with Crippen LogP contribution in [0.25, 0.3) is 0 Å². The Kier molecular flexibility index (Phi) is 12.1. The Labute approximate surface area is 233 Å². The Bertz CT molecular complexity index is 992. The monoisotopic (exact) mass is 563 g/mol. The lowest BCUT2D eigenvalue weighted by Crippen LogP contribution is -2.42. The molecule has 3 rings (SSSR count). The highest BCUT2D eigenvalue weighted by molar-refractivity contribution is 7.59. The lowest BCUT2D eigenvalue weighted by atomic mass is 9.79. The molecule has 1 aliphatic heterocycles. The van der Waals surface area contributed by atoms with Gasteiger partial charge < -0.3 is 14.7 Å². The Morgan fingerprint density at radius 1 is 1.05 bits per heavy atom. The largest absolute Gasteiger partial charge is 0.480 e. The van der Waals surface area contributed by atoms with Crippen LogP contribution in [0.2, 0.25) is 0 Å². The van der Waals surface area contributed by atoms with E-state index in [1.165, 1.54) is 16.9 Å². The Morgan fingerprint density at radius 3 is 2.36 bits per heavy atom. The molecule has 1 heterocycles. The number of esters is 1. The molecule has 1 aromatic rings. The van der Waals surface area contributed by atoms with E-state index >= 15 is 0 Å². The summed E-state index contributed by atoms with van der Waals surface area (Å²) in [5.41, 5.74) is 1.18. The first-order valence-corrected chi connectivity index (χ1v) is 16.6. The van der Waals surface area contributed by atoms with Gasteiger partial charge in [-0.25, -0.2) is 4.79 Å². The molecule has 0 radical (unpaired) electrons. The van der Waals surface area contributed by atoms with Gasteiger partial charge in [-0.15, -0.1) is 0 Å². The highest BCUT2D eigenvalue weighted by atomic mass is 31.2. The second-order valence-electron chi connectivity index (χ2n) is 11.5. The number of aliphatic carboxylic acids is 1. The number of amides is 1. The average Bonchev–Trinajstić information content (AvgIpc) is 3.38. The molecule has 2 fully saturated rings. The molecule has 1 aromatic carbocycles. The molecule has 1 saturated heterocycles. The number of unbranched alkanes of at least 4 members (excludes halogenated alkanes) is 1. The number of ether oxygens (including phenoxy) is 1. The Hall–Kier alpha value is -2.18. The minimum absolute atomic E-state index is 0.149. The van der Waals surface area contributed by atoms with E-state index in [1.54, 1.807) is 6.92 Å². The maximum Gasteiger partial charge on any atom is 0.326 e. The summed E-state index contributed by atoms with van der Waals surface area (Å²) in [7, 11) is -3.60. The van der Waals surface area contributed by atoms with Crippen LogP contribution < -0.4 is 0 Å². The number of benzene rings is 1. The van der Waals surface area contributed by atoms with Crippen molar-refractivity contribution in [3.63, 3.8) is 0 Å². The van der Waals surface area contributed by atoms with Gasteiger partial charge in [-0.2, -0.15) is 0 Å². The van der Waals surface area contributed by atoms with Crippen molar-refractivity contribution < 1.29 is 33.3 Å². The number of aryl methyl sites for hydroxylation is 1. The molecule has 0 aromatic heterocycles. The highest BCUT2D eigenvalue weighted by Crippen LogP contribution is 2.51. The summed E-state index contributed by atoms with van der Waals surface area (Å²) >= 11 is 0. The van der Waals surface area contributed by atoms with Gasteiger partial charge in [-0.3, -0.25) is 18.7 Å². The summed E-state index contributed by atoms with van der Waals surface area (Å²) in [6, 6.07) is 9.10. The van der Waals surface area contributed by atoms with Crippen molar-refractivity contribution in [2.24, 2.45) is 17.8 Å². The molecule has 0 bridgehead atoms. The van der Waals surface area contributed by atoms with Crippen molar-refractivity contribution >= 4 is 25.2 Å². The van der Waals surface area contributed by atoms with E-state index in [0.717, 1.165) is 38.5 Å². The molecule has 2 aliphatic rings. The van der Waals surface area contributed by atoms with Crippen molar-refractivity contribution in [1.82, 2.24) is 4.90 Å². The summed E-state index contributed by atoms with van der Waals surface area (Å²) in [6.45, 7) is 5.68. The van der Waals surface area contributed by atoms with Crippen LogP contribution in [0.15, 0.2) is 30.3 Å². The van der Waals surface area contributed by atoms with Gasteiger partial charge in [-0.05, 0) is 43.1 Å². The van der Waals surface area contributed by atoms with Crippen LogP contribution in [-0.4, -0.2) is 59.1 Å². The number of likely N-dealkylation sites (tertiary alicyclic amines) is 1. The summed E-state index contributed by atoms with van der Waals surface area (Å²) in [4.78, 5) is 39.2. The molecule has 1 saturated carbocycles. The number of hydrogen-bond donors (Lipinski definition) is 1. The van der Waals surface area contributed by atoms with E-state index in [4.69, 9.17) is 9.26 Å². The minimum Gasteiger partial charge on any atom is -0.480 e. The predicted octanol–water partition coefficient (Wildman–Crippen LogP) is 6.12. The van der Waals surface area contributed by atoms with E-state index in [9.17, 15) is 24.1 Å². The van der Waals surface area contributed by atoms with Gasteiger partial charge in [-0.1, -0.05) is 83.2 Å². The van der Waals surface area contributed by atoms with Gasteiger partial charge >= 0.3 is 11.9 Å². The second-order valence-corrected chi connectivity index (χ2v) is 14.1. The number of carboxylic acid groups (broad SMARTS) is 1. The van der Waals surface area contributed by atoms with E-state index in [0.29, 0.717) is 25.3 Å². The molecular weight excluding hydrogens is 517 g/mol. The van der Waals surface area contributed by atoms with Crippen LogP contribution in [0.1, 0.15) is 84.1 Å². The number of carbonyl (C=O) groups is 3. The van der Waals surface area contributed by atoms with Crippen LogP contribution >= 0.6 is 7.37 Å². The van der Waals surface area contributed by atoms with Crippen molar-refractivity contribution in [2.75, 3.05) is 18.9 Å². The van der Waals surface area contributed by atoms with Crippen molar-refractivity contribution in [2.45, 2.75) is 97.3 Å². The number of carboxylic acids is 1. The quantitative estimate of drug-likeness (QED) is 0.126. The van der Waals surface area contributed by atoms with Crippen LogP contribution in [0.4, 0.5) is 0 Å². The van der Waals surface area contributed by atoms with E-state index in [2.05, 4.69) is 0 Å². The summed E-state index contributed by atoms with van der Waals surface area (Å²) in [5, 5.41) is 9.92. The van der Waals surface area contributed by atoms with Crippen molar-refractivity contribution in [1.29, 1.82) is 0 Å². The van der Waals surface area contributed by atoms with Gasteiger partial charge in [0.2, 0.25) is 19.6 Å². The number of nitrogens with zero attached hydrogens (tertiary/aromatic N) is 1. The van der Waals surface area contributed by atoms with Crippen LogP contribution in [0.5, 0.6) is 0 Å². The zero-order valence-corrected chi connectivity index (χ0v) is 24.7. The molecule has 9 heteroatoms. The summed E-state index contributed by atoms with van der Waals surface area (Å²) < 4.78 is 25.7. The number of rotatable bonds is 14. The van der Waals surface area contributed by atoms with Gasteiger partial charge in [0.25, 0.3) is 0 Å². The molecule has 2 unspecified atom stereocenters. The maximum atomic E-state index is 14.2. The molecule has 1 aliphatic carbocycles. The molecule has 4 atom stereocenters. The van der Waals surface area contributed by atoms with Gasteiger partial charge in [0.1, 0.15) is 12.2 Å². The lowest BCUT2D eigenvalue weighted by Gasteiger charge is -2.30. The third-order valence-electron chi connectivity index (χ3n) is 8.07. The Morgan fingerprint density at radius 2 is 1.74 bits per heavy atom. The molecule has 218 valence electrons. The van der Waals surface area contributed by atoms with Crippen LogP contribution in [-0.2, 0) is 34.6 Å². The van der Waals surface area contributed by atoms with E-state index in [-0.39, 0.29) is 30.6 Å². The minimum atomic E-state index is -3.60. The van der Waals surface area contributed by atoms with Gasteiger partial charge in [0.05, 0.1) is 0 Å². The summed E-state index contributed by atoms with van der Waals surface area (Å²) in [6.07, 6.45) is 7.12. The third kappa shape index (κ3) is 9.46. The standard InChI is InChI=1S/C30H46NO7P/c1-4-28(33)37-30(22(2)3)38-39(36,18-12-11-15-23-13-7-5-8-14-23)21-27(32)31-20-25(19-26(31)29(34)35)24-16-9-6-10-17-24/h5,7-8,13-14,22,24-26,30H,4,6,9-12,15-21H2,1-3H3,(H,34,35)/t25?,26-,30+,39?/m0/s1. The number of hydrogen-bond acceptors (Lipinski definition) is 6. The first kappa shape index (κ1) is 31.3. The fourth-order valence-corrected chi connectivity index (χ4v) is 8.10. The zero-order valence-electron chi connectivity index (χ0n) is 23.8. The third-order valence-corrected chi connectivity index (χ3v) is 10.4. The normalized spacial score (nSPS) is 22.4. The number of carbonyl (C=O) groups excluding carboxylic acids is 2. The molecule has 1 N–H and O–H groups in total. The van der Waals surface area contributed by atoms with Gasteiger partial charge in [0.15, 0.2) is 0 Å².